The lowest BCUT2D eigenvalue weighted by Gasteiger charge is -2.18. The van der Waals surface area contributed by atoms with Gasteiger partial charge < -0.3 is 0 Å². The molecule has 0 spiro atoms. The molecule has 0 aliphatic heterocycles. The molecule has 4 nitrogen and oxygen atoms in total. The predicted octanol–water partition coefficient (Wildman–Crippen LogP) is 5.07. The molecule has 1 aliphatic carbocycles. The van der Waals surface area contributed by atoms with Crippen LogP contribution in [0.3, 0.4) is 0 Å². The molecule has 1 atom stereocenters. The third-order valence-corrected chi connectivity index (χ3v) is 7.71. The highest BCUT2D eigenvalue weighted by molar-refractivity contribution is 7.18. The van der Waals surface area contributed by atoms with E-state index in [9.17, 15) is 9.59 Å². The van der Waals surface area contributed by atoms with Crippen LogP contribution in [0.4, 0.5) is 0 Å². The Balaban J connectivity index is 1.78. The van der Waals surface area contributed by atoms with Gasteiger partial charge in [-0.1, -0.05) is 60.2 Å². The van der Waals surface area contributed by atoms with Gasteiger partial charge in [-0.05, 0) is 56.2 Å². The minimum Gasteiger partial charge on any atom is -0.280 e. The Morgan fingerprint density at radius 3 is 2.42 bits per heavy atom. The summed E-state index contributed by atoms with van der Waals surface area (Å²) in [5, 5.41) is 0.759. The highest BCUT2D eigenvalue weighted by Crippen LogP contribution is 2.34. The van der Waals surface area contributed by atoms with Crippen molar-refractivity contribution in [3.8, 4) is 0 Å². The number of hydrogen-bond donors (Lipinski definition) is 0. The van der Waals surface area contributed by atoms with E-state index < -0.39 is 0 Å². The maximum atomic E-state index is 13.7. The maximum Gasteiger partial charge on any atom is 0.332 e. The van der Waals surface area contributed by atoms with Gasteiger partial charge in [-0.3, -0.25) is 13.9 Å². The monoisotopic (exact) mass is 430 g/mol. The van der Waals surface area contributed by atoms with Gasteiger partial charge in [0.1, 0.15) is 4.83 Å². The van der Waals surface area contributed by atoms with Gasteiger partial charge in [0.05, 0.1) is 18.0 Å². The third kappa shape index (κ3) is 3.47. The molecule has 0 bridgehead atoms. The van der Waals surface area contributed by atoms with Crippen LogP contribution in [0.1, 0.15) is 52.9 Å². The van der Waals surface area contributed by atoms with Crippen molar-refractivity contribution >= 4 is 21.6 Å². The van der Waals surface area contributed by atoms with Gasteiger partial charge in [0.25, 0.3) is 5.56 Å². The number of aromatic nitrogens is 2. The zero-order valence-corrected chi connectivity index (χ0v) is 18.7. The molecule has 0 saturated heterocycles. The number of rotatable bonds is 4. The summed E-state index contributed by atoms with van der Waals surface area (Å²) < 4.78 is 3.29. The summed E-state index contributed by atoms with van der Waals surface area (Å²) in [6.07, 6.45) is 4.17. The Morgan fingerprint density at radius 2 is 1.68 bits per heavy atom. The first-order valence-corrected chi connectivity index (χ1v) is 11.8. The fourth-order valence-electron chi connectivity index (χ4n) is 4.62. The summed E-state index contributed by atoms with van der Waals surface area (Å²) in [4.78, 5) is 29.5. The van der Waals surface area contributed by atoms with Gasteiger partial charge in [-0.15, -0.1) is 11.3 Å². The van der Waals surface area contributed by atoms with Crippen LogP contribution < -0.4 is 11.2 Å². The number of fused-ring (bicyclic) bond motifs is 3. The fraction of sp³-hybridized carbons (Fsp3) is 0.308. The molecule has 0 N–H and O–H groups in total. The summed E-state index contributed by atoms with van der Waals surface area (Å²) in [6, 6.07) is 17.8. The molecule has 4 aromatic rings. The molecule has 2 heterocycles. The van der Waals surface area contributed by atoms with Gasteiger partial charge in [0.2, 0.25) is 0 Å². The number of hydrogen-bond acceptors (Lipinski definition) is 3. The summed E-state index contributed by atoms with van der Waals surface area (Å²) in [5.74, 6) is 0. The lowest BCUT2D eigenvalue weighted by Crippen LogP contribution is -2.42. The van der Waals surface area contributed by atoms with E-state index in [1.807, 2.05) is 41.8 Å². The zero-order valence-electron chi connectivity index (χ0n) is 17.9. The molecule has 1 unspecified atom stereocenters. The molecule has 0 fully saturated rings. The molecule has 0 saturated carbocycles. The van der Waals surface area contributed by atoms with Gasteiger partial charge in [-0.25, -0.2) is 4.79 Å². The standard InChI is InChI=1S/C26H26N2O2S/c1-17-12-14-19(15-13-17)16-27-25-23(21-10-6-7-11-22(21)31-25)24(29)28(26(27)30)18(2)20-8-4-3-5-9-20/h3-5,8-9,12-15,18H,6-7,10-11,16H2,1-2H3. The molecule has 5 rings (SSSR count). The van der Waals surface area contributed by atoms with Gasteiger partial charge >= 0.3 is 5.69 Å². The van der Waals surface area contributed by atoms with E-state index in [2.05, 4.69) is 31.2 Å². The number of aryl methyl sites for hydroxylation is 3. The molecule has 5 heteroatoms. The molecule has 0 amide bonds. The average molecular weight is 431 g/mol. The van der Waals surface area contributed by atoms with Crippen LogP contribution in [-0.2, 0) is 19.4 Å². The molecule has 0 radical (unpaired) electrons. The van der Waals surface area contributed by atoms with Crippen LogP contribution in [0, 0.1) is 6.92 Å². The van der Waals surface area contributed by atoms with Crippen molar-refractivity contribution in [1.29, 1.82) is 0 Å². The molecule has 158 valence electrons. The fourth-order valence-corrected chi connectivity index (χ4v) is 6.00. The normalized spacial score (nSPS) is 14.5. The minimum absolute atomic E-state index is 0.143. The number of nitrogens with zero attached hydrogens (tertiary/aromatic N) is 2. The van der Waals surface area contributed by atoms with Crippen molar-refractivity contribution < 1.29 is 0 Å². The lowest BCUT2D eigenvalue weighted by atomic mass is 9.97. The Morgan fingerprint density at radius 1 is 0.968 bits per heavy atom. The highest BCUT2D eigenvalue weighted by atomic mass is 32.1. The van der Waals surface area contributed by atoms with Gasteiger partial charge in [0.15, 0.2) is 0 Å². The van der Waals surface area contributed by atoms with E-state index in [1.165, 1.54) is 20.6 Å². The molecule has 1 aliphatic rings. The Labute approximate surface area is 185 Å². The summed E-state index contributed by atoms with van der Waals surface area (Å²) in [6.45, 7) is 4.47. The molecular weight excluding hydrogens is 404 g/mol. The lowest BCUT2D eigenvalue weighted by molar-refractivity contribution is 0.551. The minimum atomic E-state index is -0.325. The molecule has 2 aromatic carbocycles. The molecule has 2 aromatic heterocycles. The van der Waals surface area contributed by atoms with Crippen LogP contribution in [-0.4, -0.2) is 9.13 Å². The average Bonchev–Trinajstić information content (AvgIpc) is 3.18. The van der Waals surface area contributed by atoms with Crippen LogP contribution in [0.2, 0.25) is 0 Å². The van der Waals surface area contributed by atoms with Crippen LogP contribution >= 0.6 is 11.3 Å². The first-order valence-electron chi connectivity index (χ1n) is 10.9. The zero-order chi connectivity index (χ0) is 21.5. The van der Waals surface area contributed by atoms with E-state index in [-0.39, 0.29) is 17.3 Å². The van der Waals surface area contributed by atoms with E-state index in [0.717, 1.165) is 47.0 Å². The number of thiophene rings is 1. The molecule has 31 heavy (non-hydrogen) atoms. The van der Waals surface area contributed by atoms with E-state index in [4.69, 9.17) is 0 Å². The summed E-state index contributed by atoms with van der Waals surface area (Å²) in [7, 11) is 0. The van der Waals surface area contributed by atoms with Crippen molar-refractivity contribution in [1.82, 2.24) is 9.13 Å². The topological polar surface area (TPSA) is 44.0 Å². The van der Waals surface area contributed by atoms with Crippen molar-refractivity contribution in [2.24, 2.45) is 0 Å². The van der Waals surface area contributed by atoms with Gasteiger partial charge in [0, 0.05) is 4.88 Å². The summed E-state index contributed by atoms with van der Waals surface area (Å²) >= 11 is 1.64. The second kappa shape index (κ2) is 7.97. The quantitative estimate of drug-likeness (QED) is 0.454. The van der Waals surface area contributed by atoms with Crippen molar-refractivity contribution in [3.63, 3.8) is 0 Å². The van der Waals surface area contributed by atoms with Crippen LogP contribution in [0.25, 0.3) is 10.2 Å². The van der Waals surface area contributed by atoms with E-state index in [1.54, 1.807) is 11.3 Å². The number of benzene rings is 2. The molecular formula is C26H26N2O2S. The maximum absolute atomic E-state index is 13.7. The second-order valence-corrected chi connectivity index (χ2v) is 9.59. The summed E-state index contributed by atoms with van der Waals surface area (Å²) in [5.41, 5.74) is 4.02. The Kier molecular flexibility index (Phi) is 5.14. The van der Waals surface area contributed by atoms with Gasteiger partial charge in [-0.2, -0.15) is 0 Å². The van der Waals surface area contributed by atoms with E-state index in [0.29, 0.717) is 6.54 Å². The third-order valence-electron chi connectivity index (χ3n) is 6.40. The van der Waals surface area contributed by atoms with Crippen molar-refractivity contribution in [3.05, 3.63) is 103 Å². The Bertz CT molecular complexity index is 1360. The van der Waals surface area contributed by atoms with Crippen LogP contribution in [0.15, 0.2) is 64.2 Å². The second-order valence-electron chi connectivity index (χ2n) is 8.51. The SMILES string of the molecule is Cc1ccc(Cn2c(=O)n(C(C)c3ccccc3)c(=O)c3c4c(sc32)CCCC4)cc1. The first-order chi connectivity index (χ1) is 15.0. The van der Waals surface area contributed by atoms with Crippen molar-refractivity contribution in [2.75, 3.05) is 0 Å². The smallest absolute Gasteiger partial charge is 0.280 e. The first kappa shape index (κ1) is 20.0. The highest BCUT2D eigenvalue weighted by Gasteiger charge is 2.25. The van der Waals surface area contributed by atoms with Crippen molar-refractivity contribution in [2.45, 2.75) is 52.1 Å². The Hall–Kier alpha value is -2.92. The van der Waals surface area contributed by atoms with E-state index >= 15 is 0 Å². The predicted molar refractivity (Wildman–Crippen MR) is 128 cm³/mol. The largest absolute Gasteiger partial charge is 0.332 e. The van der Waals surface area contributed by atoms with Crippen LogP contribution in [0.5, 0.6) is 0 Å².